The van der Waals surface area contributed by atoms with Crippen molar-refractivity contribution in [2.75, 3.05) is 33.8 Å². The lowest BCUT2D eigenvalue weighted by Crippen LogP contribution is -2.31. The summed E-state index contributed by atoms with van der Waals surface area (Å²) >= 11 is 6.51. The highest BCUT2D eigenvalue weighted by molar-refractivity contribution is 8.26. The Balaban J connectivity index is 1.88. The molecule has 1 saturated heterocycles. The molecule has 1 aromatic rings. The predicted octanol–water partition coefficient (Wildman–Crippen LogP) is 2.38. The van der Waals surface area contributed by atoms with E-state index in [-0.39, 0.29) is 24.8 Å². The van der Waals surface area contributed by atoms with Crippen molar-refractivity contribution in [3.8, 4) is 0 Å². The second-order valence-electron chi connectivity index (χ2n) is 5.52. The van der Waals surface area contributed by atoms with Crippen LogP contribution in [-0.4, -0.2) is 59.8 Å². The maximum atomic E-state index is 12.4. The van der Waals surface area contributed by atoms with Crippen LogP contribution < -0.4 is 0 Å². The van der Waals surface area contributed by atoms with Gasteiger partial charge in [-0.15, -0.1) is 0 Å². The number of carbonyl (C=O) groups excluding carboxylic acids is 2. The number of esters is 1. The Bertz CT molecular complexity index is 644. The van der Waals surface area contributed by atoms with Crippen molar-refractivity contribution in [3.63, 3.8) is 0 Å². The van der Waals surface area contributed by atoms with Gasteiger partial charge in [0.05, 0.1) is 11.3 Å². The molecular formula is C17H20N2O3S2. The summed E-state index contributed by atoms with van der Waals surface area (Å²) in [7, 11) is 3.82. The highest BCUT2D eigenvalue weighted by atomic mass is 32.2. The molecule has 1 aromatic carbocycles. The molecule has 0 aromatic heterocycles. The molecule has 1 heterocycles. The van der Waals surface area contributed by atoms with Gasteiger partial charge in [0.25, 0.3) is 5.91 Å². The van der Waals surface area contributed by atoms with Crippen LogP contribution in [0.3, 0.4) is 0 Å². The molecule has 0 bridgehead atoms. The van der Waals surface area contributed by atoms with Crippen molar-refractivity contribution in [3.05, 3.63) is 40.8 Å². The molecule has 128 valence electrons. The third-order valence-electron chi connectivity index (χ3n) is 3.31. The highest BCUT2D eigenvalue weighted by Gasteiger charge is 2.32. The fraction of sp³-hybridized carbons (Fsp3) is 0.353. The Labute approximate surface area is 151 Å². The summed E-state index contributed by atoms with van der Waals surface area (Å²) in [6.07, 6.45) is 1.95. The van der Waals surface area contributed by atoms with E-state index in [4.69, 9.17) is 17.0 Å². The standard InChI is InChI=1S/C17H20N2O3S2/c1-18(2)10-11-22-15(20)8-9-19-16(21)14(24-17(19)23)12-13-6-4-3-5-7-13/h3-7,12H,8-11H2,1-2H3/b14-12+. The maximum absolute atomic E-state index is 12.4. The first kappa shape index (κ1) is 18.6. The van der Waals surface area contributed by atoms with Crippen LogP contribution in [0.15, 0.2) is 35.2 Å². The second kappa shape index (κ2) is 8.96. The first-order valence-corrected chi connectivity index (χ1v) is 8.80. The average molecular weight is 364 g/mol. The molecule has 1 fully saturated rings. The minimum absolute atomic E-state index is 0.137. The lowest BCUT2D eigenvalue weighted by molar-refractivity contribution is -0.144. The molecule has 0 unspecified atom stereocenters. The van der Waals surface area contributed by atoms with E-state index in [9.17, 15) is 9.59 Å². The van der Waals surface area contributed by atoms with Gasteiger partial charge >= 0.3 is 5.97 Å². The summed E-state index contributed by atoms with van der Waals surface area (Å²) in [5.41, 5.74) is 0.945. The minimum Gasteiger partial charge on any atom is -0.464 e. The lowest BCUT2D eigenvalue weighted by atomic mass is 10.2. The summed E-state index contributed by atoms with van der Waals surface area (Å²) in [4.78, 5) is 28.1. The van der Waals surface area contributed by atoms with Gasteiger partial charge in [0.2, 0.25) is 0 Å². The van der Waals surface area contributed by atoms with Gasteiger partial charge in [0.15, 0.2) is 0 Å². The van der Waals surface area contributed by atoms with Crippen molar-refractivity contribution in [1.82, 2.24) is 9.80 Å². The zero-order valence-electron chi connectivity index (χ0n) is 13.7. The Hall–Kier alpha value is -1.70. The molecule has 1 amide bonds. The number of thioether (sulfide) groups is 1. The Kier molecular flexibility index (Phi) is 6.96. The predicted molar refractivity (Wildman–Crippen MR) is 100 cm³/mol. The van der Waals surface area contributed by atoms with Gasteiger partial charge in [-0.2, -0.15) is 0 Å². The molecule has 0 spiro atoms. The van der Waals surface area contributed by atoms with E-state index in [0.29, 0.717) is 22.4 Å². The van der Waals surface area contributed by atoms with Gasteiger partial charge in [-0.25, -0.2) is 0 Å². The van der Waals surface area contributed by atoms with Crippen LogP contribution >= 0.6 is 24.0 Å². The van der Waals surface area contributed by atoms with Crippen LogP contribution in [0.5, 0.6) is 0 Å². The van der Waals surface area contributed by atoms with E-state index < -0.39 is 0 Å². The molecule has 2 rings (SSSR count). The third-order valence-corrected chi connectivity index (χ3v) is 4.69. The molecule has 0 N–H and O–H groups in total. The van der Waals surface area contributed by atoms with Crippen molar-refractivity contribution in [1.29, 1.82) is 0 Å². The second-order valence-corrected chi connectivity index (χ2v) is 7.19. The van der Waals surface area contributed by atoms with Crippen LogP contribution in [0.1, 0.15) is 12.0 Å². The number of benzene rings is 1. The van der Waals surface area contributed by atoms with Gasteiger partial charge in [0.1, 0.15) is 10.9 Å². The van der Waals surface area contributed by atoms with Crippen LogP contribution in [0.4, 0.5) is 0 Å². The highest BCUT2D eigenvalue weighted by Crippen LogP contribution is 2.32. The Morgan fingerprint density at radius 3 is 2.71 bits per heavy atom. The van der Waals surface area contributed by atoms with Crippen LogP contribution in [0.2, 0.25) is 0 Å². The number of likely N-dealkylation sites (N-methyl/N-ethyl adjacent to an activating group) is 1. The zero-order chi connectivity index (χ0) is 17.5. The van der Waals surface area contributed by atoms with Gasteiger partial charge < -0.3 is 9.64 Å². The minimum atomic E-state index is -0.321. The summed E-state index contributed by atoms with van der Waals surface area (Å²) in [6.45, 7) is 1.27. The fourth-order valence-electron chi connectivity index (χ4n) is 2.01. The summed E-state index contributed by atoms with van der Waals surface area (Å²) in [5, 5.41) is 0. The number of thiocarbonyl (C=S) groups is 1. The topological polar surface area (TPSA) is 49.9 Å². The largest absolute Gasteiger partial charge is 0.464 e. The monoisotopic (exact) mass is 364 g/mol. The maximum Gasteiger partial charge on any atom is 0.307 e. The zero-order valence-corrected chi connectivity index (χ0v) is 15.4. The first-order chi connectivity index (χ1) is 11.5. The third kappa shape index (κ3) is 5.43. The molecule has 1 aliphatic rings. The van der Waals surface area contributed by atoms with Crippen molar-refractivity contribution < 1.29 is 14.3 Å². The molecule has 7 heteroatoms. The molecule has 24 heavy (non-hydrogen) atoms. The van der Waals surface area contributed by atoms with Crippen molar-refractivity contribution in [2.45, 2.75) is 6.42 Å². The van der Waals surface area contributed by atoms with Gasteiger partial charge in [-0.05, 0) is 25.7 Å². The number of carbonyl (C=O) groups is 2. The fourth-order valence-corrected chi connectivity index (χ4v) is 3.32. The SMILES string of the molecule is CN(C)CCOC(=O)CCN1C(=O)/C(=C\c2ccccc2)SC1=S. The summed E-state index contributed by atoms with van der Waals surface area (Å²) in [5.74, 6) is -0.479. The molecule has 1 aliphatic heterocycles. The average Bonchev–Trinajstić information content (AvgIpc) is 2.80. The van der Waals surface area contributed by atoms with Gasteiger partial charge in [-0.1, -0.05) is 54.3 Å². The normalized spacial score (nSPS) is 16.3. The number of nitrogens with zero attached hydrogens (tertiary/aromatic N) is 2. The van der Waals surface area contributed by atoms with E-state index in [1.165, 1.54) is 16.7 Å². The van der Waals surface area contributed by atoms with E-state index in [1.54, 1.807) is 0 Å². The Morgan fingerprint density at radius 2 is 2.04 bits per heavy atom. The number of rotatable bonds is 7. The van der Waals surface area contributed by atoms with Gasteiger partial charge in [-0.3, -0.25) is 14.5 Å². The number of ether oxygens (including phenoxy) is 1. The number of hydrogen-bond acceptors (Lipinski definition) is 6. The van der Waals surface area contributed by atoms with Gasteiger partial charge in [0, 0.05) is 13.1 Å². The van der Waals surface area contributed by atoms with E-state index >= 15 is 0 Å². The van der Waals surface area contributed by atoms with Crippen LogP contribution in [0.25, 0.3) is 6.08 Å². The van der Waals surface area contributed by atoms with E-state index in [0.717, 1.165) is 5.56 Å². The molecular weight excluding hydrogens is 344 g/mol. The van der Waals surface area contributed by atoms with Crippen molar-refractivity contribution in [2.24, 2.45) is 0 Å². The summed E-state index contributed by atoms with van der Waals surface area (Å²) in [6, 6.07) is 9.60. The lowest BCUT2D eigenvalue weighted by Gasteiger charge is -2.14. The quantitative estimate of drug-likeness (QED) is 0.421. The smallest absolute Gasteiger partial charge is 0.307 e. The Morgan fingerprint density at radius 1 is 1.33 bits per heavy atom. The summed E-state index contributed by atoms with van der Waals surface area (Å²) < 4.78 is 5.60. The van der Waals surface area contributed by atoms with Crippen LogP contribution in [-0.2, 0) is 14.3 Å². The first-order valence-electron chi connectivity index (χ1n) is 7.58. The number of amides is 1. The molecule has 0 aliphatic carbocycles. The molecule has 5 nitrogen and oxygen atoms in total. The van der Waals surface area contributed by atoms with Crippen molar-refractivity contribution >= 4 is 46.3 Å². The van der Waals surface area contributed by atoms with E-state index in [2.05, 4.69) is 0 Å². The molecule has 0 atom stereocenters. The van der Waals surface area contributed by atoms with Crippen LogP contribution in [0, 0.1) is 0 Å². The molecule has 0 saturated carbocycles. The number of hydrogen-bond donors (Lipinski definition) is 0. The molecule has 0 radical (unpaired) electrons. The van der Waals surface area contributed by atoms with E-state index in [1.807, 2.05) is 55.4 Å².